The number of nitrogens with one attached hydrogen (secondary N) is 1. The Morgan fingerprint density at radius 3 is 2.61 bits per heavy atom. The second-order valence-electron chi connectivity index (χ2n) is 4.13. The second kappa shape index (κ2) is 6.43. The Kier molecular flexibility index (Phi) is 5.47. The standard InChI is InChI=1S/C12H15BrF3NO/c1-8(7-18-2)6-17-9-3-4-11(13)10(5-9)12(14,15)16/h3-5,8,17H,6-7H2,1-2H3. The average Bonchev–Trinajstić information content (AvgIpc) is 2.27. The lowest BCUT2D eigenvalue weighted by molar-refractivity contribution is -0.138. The number of hydrogen-bond acceptors (Lipinski definition) is 2. The number of anilines is 1. The summed E-state index contributed by atoms with van der Waals surface area (Å²) in [6.45, 7) is 3.09. The zero-order valence-electron chi connectivity index (χ0n) is 10.1. The van der Waals surface area contributed by atoms with Crippen LogP contribution in [-0.2, 0) is 10.9 Å². The van der Waals surface area contributed by atoms with Crippen LogP contribution in [-0.4, -0.2) is 20.3 Å². The molecular formula is C12H15BrF3NO. The molecule has 0 aromatic heterocycles. The maximum Gasteiger partial charge on any atom is 0.417 e. The molecule has 0 fully saturated rings. The third-order valence-electron chi connectivity index (χ3n) is 2.38. The highest BCUT2D eigenvalue weighted by Crippen LogP contribution is 2.36. The molecule has 1 atom stereocenters. The van der Waals surface area contributed by atoms with Crippen LogP contribution in [0.1, 0.15) is 12.5 Å². The molecule has 0 bridgehead atoms. The predicted molar refractivity (Wildman–Crippen MR) is 68.7 cm³/mol. The molecular weight excluding hydrogens is 311 g/mol. The fourth-order valence-electron chi connectivity index (χ4n) is 1.49. The first-order chi connectivity index (χ1) is 8.34. The van der Waals surface area contributed by atoms with Gasteiger partial charge in [-0.05, 0) is 24.1 Å². The van der Waals surface area contributed by atoms with Gasteiger partial charge < -0.3 is 10.1 Å². The van der Waals surface area contributed by atoms with Crippen LogP contribution in [0.4, 0.5) is 18.9 Å². The SMILES string of the molecule is COCC(C)CNc1ccc(Br)c(C(F)(F)F)c1. The van der Waals surface area contributed by atoms with Crippen LogP contribution in [0.3, 0.4) is 0 Å². The molecule has 0 heterocycles. The first-order valence-electron chi connectivity index (χ1n) is 5.44. The van der Waals surface area contributed by atoms with E-state index in [0.717, 1.165) is 6.07 Å². The number of alkyl halides is 3. The van der Waals surface area contributed by atoms with Crippen molar-refractivity contribution < 1.29 is 17.9 Å². The fourth-order valence-corrected chi connectivity index (χ4v) is 1.96. The maximum atomic E-state index is 12.7. The average molecular weight is 326 g/mol. The zero-order chi connectivity index (χ0) is 13.8. The van der Waals surface area contributed by atoms with Crippen molar-refractivity contribution in [2.75, 3.05) is 25.6 Å². The molecule has 1 rings (SSSR count). The fraction of sp³-hybridized carbons (Fsp3) is 0.500. The topological polar surface area (TPSA) is 21.3 Å². The Morgan fingerprint density at radius 2 is 2.06 bits per heavy atom. The molecule has 0 saturated carbocycles. The smallest absolute Gasteiger partial charge is 0.385 e. The number of methoxy groups -OCH3 is 1. The third kappa shape index (κ3) is 4.49. The monoisotopic (exact) mass is 325 g/mol. The molecule has 0 aliphatic heterocycles. The Bertz CT molecular complexity index is 395. The Labute approximate surface area is 113 Å². The lowest BCUT2D eigenvalue weighted by Crippen LogP contribution is -2.16. The molecule has 1 aromatic carbocycles. The van der Waals surface area contributed by atoms with Gasteiger partial charge in [0, 0.05) is 23.8 Å². The van der Waals surface area contributed by atoms with Gasteiger partial charge in [-0.1, -0.05) is 22.9 Å². The van der Waals surface area contributed by atoms with Gasteiger partial charge in [-0.3, -0.25) is 0 Å². The van der Waals surface area contributed by atoms with E-state index in [2.05, 4.69) is 21.2 Å². The van der Waals surface area contributed by atoms with Gasteiger partial charge in [0.05, 0.1) is 12.2 Å². The first-order valence-corrected chi connectivity index (χ1v) is 6.23. The molecule has 6 heteroatoms. The van der Waals surface area contributed by atoms with E-state index >= 15 is 0 Å². The van der Waals surface area contributed by atoms with Crippen LogP contribution in [0.25, 0.3) is 0 Å². The van der Waals surface area contributed by atoms with Gasteiger partial charge in [0.15, 0.2) is 0 Å². The summed E-state index contributed by atoms with van der Waals surface area (Å²) < 4.78 is 43.0. The number of benzene rings is 1. The van der Waals surface area contributed by atoms with Crippen LogP contribution in [0.5, 0.6) is 0 Å². The predicted octanol–water partition coefficient (Wildman–Crippen LogP) is 4.16. The van der Waals surface area contributed by atoms with Gasteiger partial charge in [-0.2, -0.15) is 13.2 Å². The molecule has 1 unspecified atom stereocenters. The molecule has 1 N–H and O–H groups in total. The summed E-state index contributed by atoms with van der Waals surface area (Å²) in [5.41, 5.74) is -0.222. The molecule has 0 aliphatic carbocycles. The summed E-state index contributed by atoms with van der Waals surface area (Å²) >= 11 is 2.90. The van der Waals surface area contributed by atoms with Crippen LogP contribution < -0.4 is 5.32 Å². The Morgan fingerprint density at radius 1 is 1.39 bits per heavy atom. The van der Waals surface area contributed by atoms with Gasteiger partial charge in [0.25, 0.3) is 0 Å². The van der Waals surface area contributed by atoms with E-state index in [1.165, 1.54) is 6.07 Å². The summed E-state index contributed by atoms with van der Waals surface area (Å²) in [6, 6.07) is 4.11. The quantitative estimate of drug-likeness (QED) is 0.877. The molecule has 0 amide bonds. The van der Waals surface area contributed by atoms with Crippen LogP contribution in [0.2, 0.25) is 0 Å². The van der Waals surface area contributed by atoms with Crippen molar-refractivity contribution >= 4 is 21.6 Å². The Balaban J connectivity index is 2.74. The second-order valence-corrected chi connectivity index (χ2v) is 4.99. The lowest BCUT2D eigenvalue weighted by Gasteiger charge is -2.15. The van der Waals surface area contributed by atoms with Gasteiger partial charge in [0.2, 0.25) is 0 Å². The maximum absolute atomic E-state index is 12.7. The number of halogens is 4. The van der Waals surface area contributed by atoms with E-state index in [-0.39, 0.29) is 10.4 Å². The van der Waals surface area contributed by atoms with Gasteiger partial charge >= 0.3 is 6.18 Å². The number of rotatable bonds is 5. The van der Waals surface area contributed by atoms with Crippen molar-refractivity contribution in [2.24, 2.45) is 5.92 Å². The highest BCUT2D eigenvalue weighted by atomic mass is 79.9. The molecule has 0 aliphatic rings. The summed E-state index contributed by atoms with van der Waals surface area (Å²) in [7, 11) is 1.60. The summed E-state index contributed by atoms with van der Waals surface area (Å²) in [4.78, 5) is 0. The molecule has 0 saturated heterocycles. The molecule has 0 spiro atoms. The summed E-state index contributed by atoms with van der Waals surface area (Å²) in [6.07, 6.45) is -4.35. The third-order valence-corrected chi connectivity index (χ3v) is 3.07. The minimum absolute atomic E-state index is 0.0467. The van der Waals surface area contributed by atoms with Crippen LogP contribution >= 0.6 is 15.9 Å². The zero-order valence-corrected chi connectivity index (χ0v) is 11.7. The van der Waals surface area contributed by atoms with Crippen molar-refractivity contribution in [3.8, 4) is 0 Å². The van der Waals surface area contributed by atoms with E-state index in [4.69, 9.17) is 4.74 Å². The summed E-state index contributed by atoms with van der Waals surface area (Å²) in [5.74, 6) is 0.230. The van der Waals surface area contributed by atoms with E-state index in [1.54, 1.807) is 13.2 Å². The molecule has 0 radical (unpaired) electrons. The largest absolute Gasteiger partial charge is 0.417 e. The van der Waals surface area contributed by atoms with Gasteiger partial charge in [-0.15, -0.1) is 0 Å². The molecule has 102 valence electrons. The van der Waals surface area contributed by atoms with Gasteiger partial charge in [-0.25, -0.2) is 0 Å². The van der Waals surface area contributed by atoms with E-state index in [0.29, 0.717) is 18.8 Å². The minimum atomic E-state index is -4.35. The highest BCUT2D eigenvalue weighted by molar-refractivity contribution is 9.10. The molecule has 1 aromatic rings. The van der Waals surface area contributed by atoms with Crippen LogP contribution in [0.15, 0.2) is 22.7 Å². The normalized spacial score (nSPS) is 13.4. The van der Waals surface area contributed by atoms with Crippen molar-refractivity contribution in [1.82, 2.24) is 0 Å². The van der Waals surface area contributed by atoms with Crippen molar-refractivity contribution in [3.63, 3.8) is 0 Å². The highest BCUT2D eigenvalue weighted by Gasteiger charge is 2.33. The molecule has 18 heavy (non-hydrogen) atoms. The number of hydrogen-bond donors (Lipinski definition) is 1. The van der Waals surface area contributed by atoms with Crippen molar-refractivity contribution in [1.29, 1.82) is 0 Å². The summed E-state index contributed by atoms with van der Waals surface area (Å²) in [5, 5.41) is 2.97. The molecule has 2 nitrogen and oxygen atoms in total. The number of ether oxygens (including phenoxy) is 1. The van der Waals surface area contributed by atoms with Gasteiger partial charge in [0.1, 0.15) is 0 Å². The van der Waals surface area contributed by atoms with Crippen molar-refractivity contribution in [2.45, 2.75) is 13.1 Å². The Hall–Kier alpha value is -0.750. The van der Waals surface area contributed by atoms with E-state index in [9.17, 15) is 13.2 Å². The van der Waals surface area contributed by atoms with E-state index < -0.39 is 11.7 Å². The van der Waals surface area contributed by atoms with Crippen molar-refractivity contribution in [3.05, 3.63) is 28.2 Å². The van der Waals surface area contributed by atoms with Crippen LogP contribution in [0, 0.1) is 5.92 Å². The minimum Gasteiger partial charge on any atom is -0.385 e. The lowest BCUT2D eigenvalue weighted by atomic mass is 10.1. The first kappa shape index (κ1) is 15.3. The van der Waals surface area contributed by atoms with E-state index in [1.807, 2.05) is 6.92 Å².